The van der Waals surface area contributed by atoms with Crippen LogP contribution in [0.2, 0.25) is 0 Å². The normalized spacial score (nSPS) is 19.2. The maximum absolute atomic E-state index is 4.66. The van der Waals surface area contributed by atoms with Gasteiger partial charge in [0.05, 0.1) is 5.69 Å². The van der Waals surface area contributed by atoms with Crippen molar-refractivity contribution in [3.63, 3.8) is 0 Å². The van der Waals surface area contributed by atoms with Gasteiger partial charge in [-0.25, -0.2) is 0 Å². The molecule has 1 fully saturated rings. The molecular weight excluding hydrogens is 264 g/mol. The highest BCUT2D eigenvalue weighted by molar-refractivity contribution is 9.09. The molecule has 0 spiro atoms. The number of alkyl halides is 1. The Morgan fingerprint density at radius 3 is 2.31 bits per heavy atom. The topological polar surface area (TPSA) is 17.8 Å². The molecule has 0 atom stereocenters. The monoisotopic (exact) mass is 284 g/mol. The van der Waals surface area contributed by atoms with E-state index in [1.54, 1.807) is 0 Å². The molecule has 0 N–H and O–H groups in total. The van der Waals surface area contributed by atoms with Gasteiger partial charge in [-0.3, -0.25) is 4.68 Å². The summed E-state index contributed by atoms with van der Waals surface area (Å²) in [6, 6.07) is 0. The fourth-order valence-corrected chi connectivity index (χ4v) is 3.46. The number of rotatable bonds is 3. The minimum atomic E-state index is 0.454. The summed E-state index contributed by atoms with van der Waals surface area (Å²) in [4.78, 5) is 0. The Kier molecular flexibility index (Phi) is 3.43. The molecule has 0 aliphatic heterocycles. The highest BCUT2D eigenvalue weighted by atomic mass is 79.9. The van der Waals surface area contributed by atoms with Crippen molar-refractivity contribution in [1.82, 2.24) is 9.78 Å². The van der Waals surface area contributed by atoms with Crippen LogP contribution in [0.25, 0.3) is 0 Å². The zero-order valence-electron chi connectivity index (χ0n) is 10.5. The molecule has 0 amide bonds. The fourth-order valence-electron chi connectivity index (χ4n) is 2.72. The highest BCUT2D eigenvalue weighted by Gasteiger charge is 2.34. The van der Waals surface area contributed by atoms with E-state index >= 15 is 0 Å². The van der Waals surface area contributed by atoms with E-state index in [0.717, 1.165) is 11.9 Å². The lowest BCUT2D eigenvalue weighted by Gasteiger charge is -2.27. The number of nitrogens with zero attached hydrogens (tertiary/aromatic N) is 2. The summed E-state index contributed by atoms with van der Waals surface area (Å²) < 4.78 is 2.22. The van der Waals surface area contributed by atoms with Crippen LogP contribution < -0.4 is 0 Å². The minimum Gasteiger partial charge on any atom is -0.269 e. The van der Waals surface area contributed by atoms with Gasteiger partial charge in [-0.2, -0.15) is 5.10 Å². The molecule has 1 saturated carbocycles. The van der Waals surface area contributed by atoms with Crippen LogP contribution in [0.5, 0.6) is 0 Å². The zero-order valence-corrected chi connectivity index (χ0v) is 12.1. The predicted octanol–water partition coefficient (Wildman–Crippen LogP) is 3.76. The van der Waals surface area contributed by atoms with Crippen molar-refractivity contribution in [2.24, 2.45) is 5.41 Å². The molecule has 1 aromatic heterocycles. The molecule has 2 rings (SSSR count). The van der Waals surface area contributed by atoms with Crippen molar-refractivity contribution in [3.8, 4) is 0 Å². The van der Waals surface area contributed by atoms with E-state index in [-0.39, 0.29) is 0 Å². The minimum absolute atomic E-state index is 0.454. The van der Waals surface area contributed by atoms with E-state index in [1.165, 1.54) is 42.6 Å². The number of aromatic nitrogens is 2. The first-order chi connectivity index (χ1) is 7.58. The Labute approximate surface area is 107 Å². The lowest BCUT2D eigenvalue weighted by atomic mass is 9.89. The van der Waals surface area contributed by atoms with Gasteiger partial charge in [0, 0.05) is 17.6 Å². The lowest BCUT2D eigenvalue weighted by molar-refractivity contribution is 0.274. The van der Waals surface area contributed by atoms with Gasteiger partial charge in [0.2, 0.25) is 0 Å². The molecular formula is C13H21BrN2. The Bertz CT molecular complexity index is 376. The summed E-state index contributed by atoms with van der Waals surface area (Å²) in [5, 5.41) is 5.77. The molecule has 0 bridgehead atoms. The van der Waals surface area contributed by atoms with E-state index < -0.39 is 0 Å². The van der Waals surface area contributed by atoms with Gasteiger partial charge < -0.3 is 0 Å². The summed E-state index contributed by atoms with van der Waals surface area (Å²) in [7, 11) is 0. The maximum atomic E-state index is 4.66. The summed E-state index contributed by atoms with van der Waals surface area (Å²) in [6.07, 6.45) is 5.44. The number of aryl methyl sites for hydroxylation is 1. The summed E-state index contributed by atoms with van der Waals surface area (Å²) in [6.45, 7) is 7.54. The number of halogens is 1. The largest absolute Gasteiger partial charge is 0.269 e. The number of hydrogen-bond donors (Lipinski definition) is 0. The van der Waals surface area contributed by atoms with E-state index in [4.69, 9.17) is 0 Å². The second-order valence-corrected chi connectivity index (χ2v) is 5.85. The van der Waals surface area contributed by atoms with Gasteiger partial charge >= 0.3 is 0 Å². The van der Waals surface area contributed by atoms with Gasteiger partial charge in [-0.15, -0.1) is 0 Å². The smallest absolute Gasteiger partial charge is 0.0625 e. The Hall–Kier alpha value is -0.310. The molecule has 16 heavy (non-hydrogen) atoms. The second kappa shape index (κ2) is 4.52. The molecule has 3 heteroatoms. The third kappa shape index (κ3) is 2.06. The van der Waals surface area contributed by atoms with E-state index in [9.17, 15) is 0 Å². The maximum Gasteiger partial charge on any atom is 0.0625 e. The molecule has 1 heterocycles. The van der Waals surface area contributed by atoms with Crippen LogP contribution in [-0.4, -0.2) is 15.1 Å². The summed E-state index contributed by atoms with van der Waals surface area (Å²) in [5.74, 6) is 0. The summed E-state index contributed by atoms with van der Waals surface area (Å²) >= 11 is 3.70. The zero-order chi connectivity index (χ0) is 11.8. The molecule has 0 radical (unpaired) electrons. The van der Waals surface area contributed by atoms with Crippen molar-refractivity contribution < 1.29 is 0 Å². The molecule has 0 saturated heterocycles. The first kappa shape index (κ1) is 12.2. The SMILES string of the molecule is Cc1nn(CC2(CBr)CCCC2)c(C)c1C. The van der Waals surface area contributed by atoms with E-state index in [2.05, 4.69) is 46.5 Å². The van der Waals surface area contributed by atoms with Crippen molar-refractivity contribution >= 4 is 15.9 Å². The molecule has 90 valence electrons. The van der Waals surface area contributed by atoms with Crippen LogP contribution >= 0.6 is 15.9 Å². The third-order valence-corrected chi connectivity index (χ3v) is 5.37. The van der Waals surface area contributed by atoms with E-state index in [1.807, 2.05) is 0 Å². The van der Waals surface area contributed by atoms with E-state index in [0.29, 0.717) is 5.41 Å². The summed E-state index contributed by atoms with van der Waals surface area (Å²) in [5.41, 5.74) is 4.32. The van der Waals surface area contributed by atoms with Crippen LogP contribution in [0.15, 0.2) is 0 Å². The average molecular weight is 285 g/mol. The van der Waals surface area contributed by atoms with Gasteiger partial charge in [0.15, 0.2) is 0 Å². The Morgan fingerprint density at radius 1 is 1.25 bits per heavy atom. The predicted molar refractivity (Wildman–Crippen MR) is 71.1 cm³/mol. The standard InChI is InChI=1S/C13H21BrN2/c1-10-11(2)15-16(12(10)3)9-13(8-14)6-4-5-7-13/h4-9H2,1-3H3. The fraction of sp³-hybridized carbons (Fsp3) is 0.769. The first-order valence-corrected chi connectivity index (χ1v) is 7.27. The van der Waals surface area contributed by atoms with Gasteiger partial charge in [-0.05, 0) is 44.6 Å². The molecule has 2 nitrogen and oxygen atoms in total. The third-order valence-electron chi connectivity index (χ3n) is 4.18. The average Bonchev–Trinajstić information content (AvgIpc) is 2.83. The van der Waals surface area contributed by atoms with Crippen LogP contribution in [-0.2, 0) is 6.54 Å². The molecule has 1 aliphatic carbocycles. The van der Waals surface area contributed by atoms with Crippen molar-refractivity contribution in [2.45, 2.75) is 53.0 Å². The molecule has 0 unspecified atom stereocenters. The lowest BCUT2D eigenvalue weighted by Crippen LogP contribution is -2.26. The highest BCUT2D eigenvalue weighted by Crippen LogP contribution is 2.41. The Morgan fingerprint density at radius 2 is 1.88 bits per heavy atom. The van der Waals surface area contributed by atoms with Gasteiger partial charge in [-0.1, -0.05) is 28.8 Å². The first-order valence-electron chi connectivity index (χ1n) is 6.14. The second-order valence-electron chi connectivity index (χ2n) is 5.29. The molecule has 1 aliphatic rings. The van der Waals surface area contributed by atoms with Crippen molar-refractivity contribution in [3.05, 3.63) is 17.0 Å². The quantitative estimate of drug-likeness (QED) is 0.773. The van der Waals surface area contributed by atoms with Gasteiger partial charge in [0.1, 0.15) is 0 Å². The van der Waals surface area contributed by atoms with Crippen LogP contribution in [0.4, 0.5) is 0 Å². The van der Waals surface area contributed by atoms with Crippen LogP contribution in [0, 0.1) is 26.2 Å². The molecule has 0 aromatic carbocycles. The van der Waals surface area contributed by atoms with Crippen LogP contribution in [0.3, 0.4) is 0 Å². The van der Waals surface area contributed by atoms with Crippen molar-refractivity contribution in [1.29, 1.82) is 0 Å². The van der Waals surface area contributed by atoms with Crippen LogP contribution in [0.1, 0.15) is 42.6 Å². The van der Waals surface area contributed by atoms with Crippen molar-refractivity contribution in [2.75, 3.05) is 5.33 Å². The molecule has 1 aromatic rings. The Balaban J connectivity index is 2.22. The number of hydrogen-bond acceptors (Lipinski definition) is 1. The van der Waals surface area contributed by atoms with Gasteiger partial charge in [0.25, 0.3) is 0 Å².